The van der Waals surface area contributed by atoms with Crippen molar-refractivity contribution in [2.24, 2.45) is 0 Å². The van der Waals surface area contributed by atoms with Crippen LogP contribution in [-0.4, -0.2) is 33.1 Å². The third-order valence-electron chi connectivity index (χ3n) is 5.67. The van der Waals surface area contributed by atoms with Gasteiger partial charge in [0.25, 0.3) is 5.91 Å². The van der Waals surface area contributed by atoms with E-state index < -0.39 is 6.10 Å². The number of carbonyl (C=O) groups excluding carboxylic acids is 1. The summed E-state index contributed by atoms with van der Waals surface area (Å²) in [5.41, 5.74) is 5.58. The molecule has 2 atom stereocenters. The lowest BCUT2D eigenvalue weighted by molar-refractivity contribution is 0.0814. The molecule has 0 aromatic carbocycles. The van der Waals surface area contributed by atoms with Gasteiger partial charge in [-0.2, -0.15) is 0 Å². The van der Waals surface area contributed by atoms with Gasteiger partial charge in [-0.15, -0.1) is 11.3 Å². The second-order valence-electron chi connectivity index (χ2n) is 8.03. The van der Waals surface area contributed by atoms with Gasteiger partial charge in [-0.25, -0.2) is 4.98 Å². The average Bonchev–Trinajstić information content (AvgIpc) is 2.97. The monoisotopic (exact) mass is 409 g/mol. The third kappa shape index (κ3) is 4.49. The van der Waals surface area contributed by atoms with Crippen LogP contribution in [0.1, 0.15) is 65.0 Å². The molecule has 3 aromatic heterocycles. The zero-order valence-electron chi connectivity index (χ0n) is 16.9. The van der Waals surface area contributed by atoms with Gasteiger partial charge in [0.15, 0.2) is 0 Å². The number of nitrogens with one attached hydrogen (secondary N) is 1. The van der Waals surface area contributed by atoms with Crippen LogP contribution in [0, 0.1) is 13.8 Å². The first-order valence-corrected chi connectivity index (χ1v) is 11.2. The van der Waals surface area contributed by atoms with Crippen molar-refractivity contribution in [2.75, 3.05) is 0 Å². The molecule has 6 heteroatoms. The van der Waals surface area contributed by atoms with Gasteiger partial charge >= 0.3 is 0 Å². The Balaban J connectivity index is 1.64. The summed E-state index contributed by atoms with van der Waals surface area (Å²) in [6.45, 7) is 4.00. The van der Waals surface area contributed by atoms with Gasteiger partial charge in [-0.3, -0.25) is 9.78 Å². The van der Waals surface area contributed by atoms with E-state index in [9.17, 15) is 9.90 Å². The van der Waals surface area contributed by atoms with E-state index in [1.807, 2.05) is 32.2 Å². The normalized spacial score (nSPS) is 19.8. The van der Waals surface area contributed by atoms with E-state index >= 15 is 0 Å². The summed E-state index contributed by atoms with van der Waals surface area (Å²) in [7, 11) is 0. The summed E-state index contributed by atoms with van der Waals surface area (Å²) in [6, 6.07) is 5.79. The molecule has 5 nitrogen and oxygen atoms in total. The highest BCUT2D eigenvalue weighted by molar-refractivity contribution is 7.17. The summed E-state index contributed by atoms with van der Waals surface area (Å²) >= 11 is 1.67. The van der Waals surface area contributed by atoms with Crippen LogP contribution in [0.25, 0.3) is 10.2 Å². The number of aliphatic hydroxyl groups is 1. The van der Waals surface area contributed by atoms with Crippen molar-refractivity contribution in [1.29, 1.82) is 0 Å². The summed E-state index contributed by atoms with van der Waals surface area (Å²) in [5.74, 6) is -0.202. The zero-order valence-corrected chi connectivity index (χ0v) is 17.8. The number of carbonyl (C=O) groups is 1. The minimum Gasteiger partial charge on any atom is -0.391 e. The molecule has 3 heterocycles. The van der Waals surface area contributed by atoms with Crippen LogP contribution in [0.5, 0.6) is 0 Å². The second kappa shape index (κ2) is 8.59. The molecule has 0 bridgehead atoms. The van der Waals surface area contributed by atoms with Gasteiger partial charge in [-0.05, 0) is 60.9 Å². The molecule has 1 aliphatic carbocycles. The Morgan fingerprint density at radius 3 is 2.86 bits per heavy atom. The van der Waals surface area contributed by atoms with Gasteiger partial charge in [0.1, 0.15) is 5.69 Å². The van der Waals surface area contributed by atoms with Crippen molar-refractivity contribution in [1.82, 2.24) is 15.3 Å². The number of fused-ring (bicyclic) bond motifs is 1. The lowest BCUT2D eigenvalue weighted by Gasteiger charge is -2.21. The molecule has 2 N–H and O–H groups in total. The number of pyridine rings is 2. The second-order valence-corrected chi connectivity index (χ2v) is 8.91. The fourth-order valence-corrected chi connectivity index (χ4v) is 4.96. The SMILES string of the molecule is Cc1ccc(Cc2cc(C(=O)N[C@@H]3CCCCC[C@H]3O)nc3c(C)csc23)cn1. The average molecular weight is 410 g/mol. The van der Waals surface area contributed by atoms with E-state index in [0.717, 1.165) is 64.7 Å². The molecule has 4 rings (SSSR count). The van der Waals surface area contributed by atoms with Gasteiger partial charge in [0, 0.05) is 18.3 Å². The Labute approximate surface area is 175 Å². The fourth-order valence-electron chi connectivity index (χ4n) is 3.96. The predicted octanol–water partition coefficient (Wildman–Crippen LogP) is 4.32. The van der Waals surface area contributed by atoms with Gasteiger partial charge in [0.2, 0.25) is 0 Å². The highest BCUT2D eigenvalue weighted by Gasteiger charge is 2.25. The number of aromatic nitrogens is 2. The zero-order chi connectivity index (χ0) is 20.4. The van der Waals surface area contributed by atoms with Crippen LogP contribution in [0.15, 0.2) is 29.8 Å². The summed E-state index contributed by atoms with van der Waals surface area (Å²) in [4.78, 5) is 22.1. The smallest absolute Gasteiger partial charge is 0.270 e. The number of hydrogen-bond acceptors (Lipinski definition) is 5. The molecule has 0 spiro atoms. The Kier molecular flexibility index (Phi) is 5.92. The molecule has 1 saturated carbocycles. The molecule has 3 aromatic rings. The quantitative estimate of drug-likeness (QED) is 0.629. The Morgan fingerprint density at radius 1 is 1.24 bits per heavy atom. The molecule has 1 amide bonds. The first-order chi connectivity index (χ1) is 14.0. The summed E-state index contributed by atoms with van der Waals surface area (Å²) in [6.07, 6.45) is 6.83. The van der Waals surface area contributed by atoms with E-state index in [1.54, 1.807) is 11.3 Å². The van der Waals surface area contributed by atoms with E-state index in [-0.39, 0.29) is 11.9 Å². The van der Waals surface area contributed by atoms with E-state index in [1.165, 1.54) is 0 Å². The molecular weight excluding hydrogens is 382 g/mol. The number of aryl methyl sites for hydroxylation is 2. The minimum atomic E-state index is -0.480. The highest BCUT2D eigenvalue weighted by atomic mass is 32.1. The number of thiophene rings is 1. The molecule has 152 valence electrons. The first kappa shape index (κ1) is 20.0. The van der Waals surface area contributed by atoms with Crippen molar-refractivity contribution in [3.05, 3.63) is 57.9 Å². The molecule has 0 radical (unpaired) electrons. The number of aliphatic hydroxyl groups excluding tert-OH is 1. The number of rotatable bonds is 4. The van der Waals surface area contributed by atoms with Crippen LogP contribution < -0.4 is 5.32 Å². The van der Waals surface area contributed by atoms with Crippen molar-refractivity contribution >= 4 is 27.5 Å². The maximum atomic E-state index is 13.0. The standard InChI is InChI=1S/C23H27N3O2S/c1-14-13-29-22-17(10-16-9-8-15(2)24-12-16)11-19(25-21(14)22)23(28)26-18-6-4-3-5-7-20(18)27/h8-9,11-13,18,20,27H,3-7,10H2,1-2H3,(H,26,28)/t18-,20-/m1/s1. The Hall–Kier alpha value is -2.31. The van der Waals surface area contributed by atoms with Crippen LogP contribution in [0.3, 0.4) is 0 Å². The lowest BCUT2D eigenvalue weighted by atomic mass is 10.0. The maximum absolute atomic E-state index is 13.0. The van der Waals surface area contributed by atoms with Crippen molar-refractivity contribution in [3.8, 4) is 0 Å². The van der Waals surface area contributed by atoms with Gasteiger partial charge in [0.05, 0.1) is 22.4 Å². The predicted molar refractivity (Wildman–Crippen MR) is 116 cm³/mol. The van der Waals surface area contributed by atoms with Crippen LogP contribution in [0.4, 0.5) is 0 Å². The van der Waals surface area contributed by atoms with Crippen LogP contribution >= 0.6 is 11.3 Å². The van der Waals surface area contributed by atoms with Gasteiger partial charge in [-0.1, -0.05) is 25.3 Å². The van der Waals surface area contributed by atoms with Crippen molar-refractivity contribution in [2.45, 2.75) is 64.5 Å². The molecule has 0 aliphatic heterocycles. The first-order valence-electron chi connectivity index (χ1n) is 10.3. The molecule has 1 fully saturated rings. The van der Waals surface area contributed by atoms with Crippen molar-refractivity contribution < 1.29 is 9.90 Å². The Bertz CT molecular complexity index is 1010. The van der Waals surface area contributed by atoms with E-state index in [2.05, 4.69) is 26.7 Å². The Morgan fingerprint density at radius 2 is 2.07 bits per heavy atom. The number of nitrogens with zero attached hydrogens (tertiary/aromatic N) is 2. The fraction of sp³-hybridized carbons (Fsp3) is 0.435. The molecular formula is C23H27N3O2S. The lowest BCUT2D eigenvalue weighted by Crippen LogP contribution is -2.43. The van der Waals surface area contributed by atoms with Crippen LogP contribution in [0.2, 0.25) is 0 Å². The molecule has 0 unspecified atom stereocenters. The molecule has 0 saturated heterocycles. The third-order valence-corrected chi connectivity index (χ3v) is 6.84. The topological polar surface area (TPSA) is 75.1 Å². The molecule has 1 aliphatic rings. The highest BCUT2D eigenvalue weighted by Crippen LogP contribution is 2.29. The van der Waals surface area contributed by atoms with Crippen LogP contribution in [-0.2, 0) is 6.42 Å². The van der Waals surface area contributed by atoms with E-state index in [4.69, 9.17) is 0 Å². The van der Waals surface area contributed by atoms with E-state index in [0.29, 0.717) is 12.1 Å². The molecule has 29 heavy (non-hydrogen) atoms. The summed E-state index contributed by atoms with van der Waals surface area (Å²) < 4.78 is 1.12. The van der Waals surface area contributed by atoms with Gasteiger partial charge < -0.3 is 10.4 Å². The maximum Gasteiger partial charge on any atom is 0.270 e. The summed E-state index contributed by atoms with van der Waals surface area (Å²) in [5, 5.41) is 15.5. The number of hydrogen-bond donors (Lipinski definition) is 2. The number of amides is 1. The largest absolute Gasteiger partial charge is 0.391 e. The minimum absolute atomic E-state index is 0.198. The van der Waals surface area contributed by atoms with Crippen molar-refractivity contribution in [3.63, 3.8) is 0 Å².